The highest BCUT2D eigenvalue weighted by Gasteiger charge is 2.04. The number of pyridine rings is 1. The van der Waals surface area contributed by atoms with Gasteiger partial charge in [-0.3, -0.25) is 4.79 Å². The number of nitrogens with one attached hydrogen (secondary N) is 1. The average Bonchev–Trinajstić information content (AvgIpc) is 2.58. The molecule has 2 aromatic rings. The number of carbonyl (C=O) groups excluding carboxylic acids is 1. The van der Waals surface area contributed by atoms with Gasteiger partial charge >= 0.3 is 0 Å². The number of benzene rings is 1. The van der Waals surface area contributed by atoms with Gasteiger partial charge in [0, 0.05) is 25.2 Å². The minimum atomic E-state index is 0.0587. The maximum Gasteiger partial charge on any atom is 0.220 e. The molecule has 0 aliphatic heterocycles. The summed E-state index contributed by atoms with van der Waals surface area (Å²) >= 11 is 0. The fourth-order valence-corrected chi connectivity index (χ4v) is 2.07. The van der Waals surface area contributed by atoms with Gasteiger partial charge in [0.25, 0.3) is 0 Å². The summed E-state index contributed by atoms with van der Waals surface area (Å²) < 4.78 is 11.1. The molecule has 1 N–H and O–H groups in total. The summed E-state index contributed by atoms with van der Waals surface area (Å²) in [5.41, 5.74) is 0.944. The van der Waals surface area contributed by atoms with Crippen LogP contribution in [-0.4, -0.2) is 24.1 Å². The minimum Gasteiger partial charge on any atom is -0.490 e. The van der Waals surface area contributed by atoms with Crippen molar-refractivity contribution in [2.75, 3.05) is 13.2 Å². The van der Waals surface area contributed by atoms with E-state index in [4.69, 9.17) is 9.47 Å². The second-order valence-electron chi connectivity index (χ2n) is 5.89. The molecule has 24 heavy (non-hydrogen) atoms. The smallest absolute Gasteiger partial charge is 0.220 e. The van der Waals surface area contributed by atoms with Gasteiger partial charge in [-0.25, -0.2) is 4.98 Å². The van der Waals surface area contributed by atoms with Crippen LogP contribution < -0.4 is 14.8 Å². The predicted molar refractivity (Wildman–Crippen MR) is 93.0 cm³/mol. The molecule has 2 rings (SSSR count). The standard InChI is InChI=1S/C19H24N2O3/c1-15(2)12-18(22)20-13-16-8-9-19(21-14-16)24-11-10-23-17-6-4-3-5-7-17/h3-9,14-15H,10-13H2,1-2H3,(H,20,22). The first-order valence-corrected chi connectivity index (χ1v) is 8.16. The van der Waals surface area contributed by atoms with Crippen LogP contribution in [0.1, 0.15) is 25.8 Å². The van der Waals surface area contributed by atoms with Crippen LogP contribution >= 0.6 is 0 Å². The van der Waals surface area contributed by atoms with E-state index in [-0.39, 0.29) is 5.91 Å². The van der Waals surface area contributed by atoms with Crippen molar-refractivity contribution in [1.29, 1.82) is 0 Å². The Kier molecular flexibility index (Phi) is 7.08. The molecule has 0 aliphatic carbocycles. The summed E-state index contributed by atoms with van der Waals surface area (Å²) in [4.78, 5) is 15.8. The van der Waals surface area contributed by atoms with Crippen LogP contribution in [0.2, 0.25) is 0 Å². The van der Waals surface area contributed by atoms with Gasteiger partial charge in [0.1, 0.15) is 19.0 Å². The predicted octanol–water partition coefficient (Wildman–Crippen LogP) is 3.20. The number of para-hydroxylation sites is 1. The van der Waals surface area contributed by atoms with E-state index in [0.717, 1.165) is 11.3 Å². The lowest BCUT2D eigenvalue weighted by Gasteiger charge is -2.09. The molecule has 1 heterocycles. The molecule has 128 valence electrons. The third-order valence-corrected chi connectivity index (χ3v) is 3.23. The molecule has 5 nitrogen and oxygen atoms in total. The molecule has 0 atom stereocenters. The fraction of sp³-hybridized carbons (Fsp3) is 0.368. The van der Waals surface area contributed by atoms with Gasteiger partial charge < -0.3 is 14.8 Å². The number of nitrogens with zero attached hydrogens (tertiary/aromatic N) is 1. The summed E-state index contributed by atoms with van der Waals surface area (Å²) in [6.45, 7) is 5.41. The second-order valence-corrected chi connectivity index (χ2v) is 5.89. The molecule has 0 bridgehead atoms. The van der Waals surface area contributed by atoms with Crippen molar-refractivity contribution in [2.45, 2.75) is 26.8 Å². The Balaban J connectivity index is 1.67. The number of hydrogen-bond acceptors (Lipinski definition) is 4. The first-order valence-electron chi connectivity index (χ1n) is 8.16. The normalized spacial score (nSPS) is 10.5. The lowest BCUT2D eigenvalue weighted by atomic mass is 10.1. The van der Waals surface area contributed by atoms with E-state index in [9.17, 15) is 4.79 Å². The highest BCUT2D eigenvalue weighted by Crippen LogP contribution is 2.10. The Morgan fingerprint density at radius 2 is 1.83 bits per heavy atom. The monoisotopic (exact) mass is 328 g/mol. The van der Waals surface area contributed by atoms with Crippen LogP contribution in [0.5, 0.6) is 11.6 Å². The Morgan fingerprint density at radius 3 is 2.50 bits per heavy atom. The summed E-state index contributed by atoms with van der Waals surface area (Å²) in [5.74, 6) is 1.78. The average molecular weight is 328 g/mol. The van der Waals surface area contributed by atoms with Crippen LogP contribution in [0.4, 0.5) is 0 Å². The maximum absolute atomic E-state index is 11.6. The van der Waals surface area contributed by atoms with Crippen LogP contribution in [0.3, 0.4) is 0 Å². The summed E-state index contributed by atoms with van der Waals surface area (Å²) in [6, 6.07) is 13.3. The lowest BCUT2D eigenvalue weighted by molar-refractivity contribution is -0.121. The van der Waals surface area contributed by atoms with Gasteiger partial charge in [-0.15, -0.1) is 0 Å². The van der Waals surface area contributed by atoms with E-state index < -0.39 is 0 Å². The largest absolute Gasteiger partial charge is 0.490 e. The lowest BCUT2D eigenvalue weighted by Crippen LogP contribution is -2.23. The number of rotatable bonds is 9. The van der Waals surface area contributed by atoms with Gasteiger partial charge in [0.2, 0.25) is 11.8 Å². The van der Waals surface area contributed by atoms with E-state index in [1.165, 1.54) is 0 Å². The summed E-state index contributed by atoms with van der Waals surface area (Å²) in [6.07, 6.45) is 2.25. The van der Waals surface area contributed by atoms with Gasteiger partial charge in [-0.1, -0.05) is 38.1 Å². The highest BCUT2D eigenvalue weighted by molar-refractivity contribution is 5.76. The van der Waals surface area contributed by atoms with Crippen LogP contribution in [0, 0.1) is 5.92 Å². The first-order chi connectivity index (χ1) is 11.6. The number of amides is 1. The Labute approximate surface area is 143 Å². The van der Waals surface area contributed by atoms with Crippen molar-refractivity contribution in [2.24, 2.45) is 5.92 Å². The van der Waals surface area contributed by atoms with Crippen molar-refractivity contribution in [3.05, 3.63) is 54.2 Å². The molecule has 1 amide bonds. The van der Waals surface area contributed by atoms with Crippen molar-refractivity contribution >= 4 is 5.91 Å². The molecular formula is C19H24N2O3. The molecule has 1 aromatic heterocycles. The summed E-state index contributed by atoms with van der Waals surface area (Å²) in [7, 11) is 0. The molecule has 0 saturated heterocycles. The van der Waals surface area contributed by atoms with E-state index in [1.54, 1.807) is 12.3 Å². The molecular weight excluding hydrogens is 304 g/mol. The van der Waals surface area contributed by atoms with Crippen molar-refractivity contribution in [1.82, 2.24) is 10.3 Å². The zero-order valence-electron chi connectivity index (χ0n) is 14.2. The fourth-order valence-electron chi connectivity index (χ4n) is 2.07. The van der Waals surface area contributed by atoms with Crippen molar-refractivity contribution in [3.8, 4) is 11.6 Å². The van der Waals surface area contributed by atoms with E-state index in [0.29, 0.717) is 38.0 Å². The van der Waals surface area contributed by atoms with Crippen LogP contribution in [0.15, 0.2) is 48.7 Å². The number of hydrogen-bond donors (Lipinski definition) is 1. The third kappa shape index (κ3) is 6.69. The van der Waals surface area contributed by atoms with Crippen molar-refractivity contribution in [3.63, 3.8) is 0 Å². The SMILES string of the molecule is CC(C)CC(=O)NCc1ccc(OCCOc2ccccc2)nc1. The highest BCUT2D eigenvalue weighted by atomic mass is 16.5. The maximum atomic E-state index is 11.6. The van der Waals surface area contributed by atoms with Crippen molar-refractivity contribution < 1.29 is 14.3 Å². The topological polar surface area (TPSA) is 60.5 Å². The molecule has 1 aromatic carbocycles. The molecule has 5 heteroatoms. The van der Waals surface area contributed by atoms with Gasteiger partial charge in [-0.2, -0.15) is 0 Å². The van der Waals surface area contributed by atoms with Gasteiger partial charge in [0.05, 0.1) is 0 Å². The minimum absolute atomic E-state index is 0.0587. The van der Waals surface area contributed by atoms with Crippen LogP contribution in [0.25, 0.3) is 0 Å². The third-order valence-electron chi connectivity index (χ3n) is 3.23. The summed E-state index contributed by atoms with van der Waals surface area (Å²) in [5, 5.41) is 2.88. The first kappa shape index (κ1) is 17.8. The van der Waals surface area contributed by atoms with Crippen LogP contribution in [-0.2, 0) is 11.3 Å². The molecule has 0 aliphatic rings. The molecule has 0 spiro atoms. The van der Waals surface area contributed by atoms with E-state index in [1.807, 2.05) is 50.2 Å². The molecule has 0 saturated carbocycles. The molecule has 0 radical (unpaired) electrons. The number of aromatic nitrogens is 1. The zero-order valence-corrected chi connectivity index (χ0v) is 14.2. The zero-order chi connectivity index (χ0) is 17.2. The Bertz CT molecular complexity index is 612. The van der Waals surface area contributed by atoms with E-state index >= 15 is 0 Å². The second kappa shape index (κ2) is 9.55. The van der Waals surface area contributed by atoms with E-state index in [2.05, 4.69) is 10.3 Å². The van der Waals surface area contributed by atoms with Gasteiger partial charge in [0.15, 0.2) is 0 Å². The van der Waals surface area contributed by atoms with Gasteiger partial charge in [-0.05, 0) is 23.6 Å². The Hall–Kier alpha value is -2.56. The Morgan fingerprint density at radius 1 is 1.08 bits per heavy atom. The molecule has 0 unspecified atom stereocenters. The molecule has 0 fully saturated rings. The number of carbonyl (C=O) groups is 1. The quantitative estimate of drug-likeness (QED) is 0.718. The number of ether oxygens (including phenoxy) is 2.